The maximum atomic E-state index is 13.2. The quantitative estimate of drug-likeness (QED) is 0.786. The van der Waals surface area contributed by atoms with Crippen molar-refractivity contribution in [3.8, 4) is 0 Å². The molecule has 1 spiro atoms. The first kappa shape index (κ1) is 19.3. The van der Waals surface area contributed by atoms with Gasteiger partial charge in [0.25, 0.3) is 11.5 Å². The molecule has 1 aromatic carbocycles. The minimum atomic E-state index is -0.450. The number of aromatic amines is 1. The number of carbonyl (C=O) groups is 2. The summed E-state index contributed by atoms with van der Waals surface area (Å²) in [5.74, 6) is -0.189. The number of carbonyl (C=O) groups excluding carboxylic acids is 2. The van der Waals surface area contributed by atoms with Crippen molar-refractivity contribution in [1.82, 2.24) is 14.8 Å². The number of nitrogens with one attached hydrogen (secondary N) is 1. The fourth-order valence-corrected chi connectivity index (χ4v) is 5.29. The van der Waals surface area contributed by atoms with Gasteiger partial charge in [0, 0.05) is 43.0 Å². The van der Waals surface area contributed by atoms with Crippen LogP contribution in [-0.4, -0.2) is 65.5 Å². The molecule has 0 radical (unpaired) electrons. The summed E-state index contributed by atoms with van der Waals surface area (Å²) >= 11 is 0. The number of nitrogens with zero attached hydrogens (tertiary/aromatic N) is 2. The van der Waals surface area contributed by atoms with Gasteiger partial charge in [0.2, 0.25) is 0 Å². The summed E-state index contributed by atoms with van der Waals surface area (Å²) in [6.07, 6.45) is 5.95. The van der Waals surface area contributed by atoms with Gasteiger partial charge in [0.05, 0.1) is 11.0 Å². The molecule has 1 atom stereocenters. The highest BCUT2D eigenvalue weighted by molar-refractivity contribution is 6.06. The smallest absolute Gasteiger partial charge is 0.312 e. The third-order valence-electron chi connectivity index (χ3n) is 7.03. The van der Waals surface area contributed by atoms with Crippen LogP contribution in [0, 0.1) is 5.41 Å². The molecule has 0 saturated carbocycles. The first-order chi connectivity index (χ1) is 14.6. The van der Waals surface area contributed by atoms with Crippen LogP contribution < -0.4 is 5.56 Å². The topological polar surface area (TPSA) is 82.7 Å². The van der Waals surface area contributed by atoms with Crippen LogP contribution in [0.25, 0.3) is 10.8 Å². The lowest BCUT2D eigenvalue weighted by atomic mass is 9.76. The van der Waals surface area contributed by atoms with Crippen LogP contribution in [0.4, 0.5) is 0 Å². The van der Waals surface area contributed by atoms with Gasteiger partial charge in [-0.05, 0) is 44.8 Å². The third-order valence-corrected chi connectivity index (χ3v) is 7.03. The van der Waals surface area contributed by atoms with E-state index in [2.05, 4.69) is 9.88 Å². The Balaban J connectivity index is 1.28. The Bertz CT molecular complexity index is 1030. The number of fused-ring (bicyclic) bond motifs is 1. The molecule has 5 rings (SSSR count). The second kappa shape index (κ2) is 7.54. The molecule has 158 valence electrons. The number of rotatable bonds is 3. The van der Waals surface area contributed by atoms with Gasteiger partial charge < -0.3 is 14.6 Å². The molecule has 0 bridgehead atoms. The molecule has 3 aliphatic heterocycles. The molecule has 1 aromatic heterocycles. The second-order valence-corrected chi connectivity index (χ2v) is 8.89. The number of piperidine rings is 1. The Kier molecular flexibility index (Phi) is 4.85. The molecule has 2 aromatic rings. The lowest BCUT2D eigenvalue weighted by Crippen LogP contribution is -2.45. The van der Waals surface area contributed by atoms with Crippen LogP contribution in [0.3, 0.4) is 0 Å². The Morgan fingerprint density at radius 1 is 1.07 bits per heavy atom. The first-order valence-electron chi connectivity index (χ1n) is 10.9. The Labute approximate surface area is 175 Å². The number of likely N-dealkylation sites (tertiary alicyclic amines) is 2. The molecule has 3 fully saturated rings. The minimum absolute atomic E-state index is 0.0269. The molecule has 7 heteroatoms. The molecule has 1 N–H and O–H groups in total. The van der Waals surface area contributed by atoms with E-state index in [1.54, 1.807) is 23.1 Å². The molecule has 7 nitrogen and oxygen atoms in total. The van der Waals surface area contributed by atoms with Crippen molar-refractivity contribution >= 4 is 22.6 Å². The molecule has 0 aliphatic carbocycles. The highest BCUT2D eigenvalue weighted by atomic mass is 16.6. The van der Waals surface area contributed by atoms with Crippen molar-refractivity contribution in [2.45, 2.75) is 38.2 Å². The van der Waals surface area contributed by atoms with E-state index in [1.165, 1.54) is 19.0 Å². The zero-order chi connectivity index (χ0) is 20.7. The zero-order valence-electron chi connectivity index (χ0n) is 17.1. The lowest BCUT2D eigenvalue weighted by Gasteiger charge is -2.36. The van der Waals surface area contributed by atoms with Crippen molar-refractivity contribution in [3.63, 3.8) is 0 Å². The molecular formula is C23H27N3O4. The van der Waals surface area contributed by atoms with Gasteiger partial charge in [-0.1, -0.05) is 18.2 Å². The number of H-pyrrole nitrogens is 1. The summed E-state index contributed by atoms with van der Waals surface area (Å²) in [4.78, 5) is 44.8. The van der Waals surface area contributed by atoms with E-state index in [4.69, 9.17) is 4.74 Å². The Morgan fingerprint density at radius 3 is 2.50 bits per heavy atom. The number of esters is 1. The first-order valence-corrected chi connectivity index (χ1v) is 10.9. The predicted octanol–water partition coefficient (Wildman–Crippen LogP) is 2.16. The third kappa shape index (κ3) is 3.31. The Morgan fingerprint density at radius 2 is 1.77 bits per heavy atom. The number of cyclic esters (lactones) is 1. The molecule has 3 aliphatic rings. The number of hydrogen-bond acceptors (Lipinski definition) is 5. The number of amides is 1. The lowest BCUT2D eigenvalue weighted by molar-refractivity contribution is -0.150. The van der Waals surface area contributed by atoms with E-state index in [-0.39, 0.29) is 23.5 Å². The van der Waals surface area contributed by atoms with E-state index in [0.717, 1.165) is 26.1 Å². The van der Waals surface area contributed by atoms with Crippen molar-refractivity contribution in [2.24, 2.45) is 5.41 Å². The van der Waals surface area contributed by atoms with Crippen LogP contribution in [0.5, 0.6) is 0 Å². The van der Waals surface area contributed by atoms with Crippen molar-refractivity contribution in [3.05, 3.63) is 46.4 Å². The second-order valence-electron chi connectivity index (χ2n) is 8.89. The number of ether oxygens (including phenoxy) is 1. The van der Waals surface area contributed by atoms with E-state index in [9.17, 15) is 14.4 Å². The van der Waals surface area contributed by atoms with Crippen LogP contribution in [0.1, 0.15) is 42.5 Å². The molecule has 3 saturated heterocycles. The molecule has 4 heterocycles. The van der Waals surface area contributed by atoms with E-state index >= 15 is 0 Å². The van der Waals surface area contributed by atoms with Gasteiger partial charge in [-0.3, -0.25) is 19.3 Å². The standard InChI is InChI=1S/C23H27N3O4/c27-20-18-6-2-1-5-17(18)19(14-24-20)21(28)26-11-7-23(8-12-26)13-16(30-22(23)29)15-25-9-3-4-10-25/h1-2,5-6,14,16H,3-4,7-13,15H2,(H,24,27). The number of hydrogen-bond donors (Lipinski definition) is 1. The molecular weight excluding hydrogens is 382 g/mol. The monoisotopic (exact) mass is 409 g/mol. The highest BCUT2D eigenvalue weighted by Gasteiger charge is 2.51. The van der Waals surface area contributed by atoms with E-state index in [1.807, 2.05) is 6.07 Å². The number of aromatic nitrogens is 1. The highest BCUT2D eigenvalue weighted by Crippen LogP contribution is 2.43. The van der Waals surface area contributed by atoms with Crippen LogP contribution in [0.2, 0.25) is 0 Å². The summed E-state index contributed by atoms with van der Waals surface area (Å²) in [5, 5.41) is 1.18. The summed E-state index contributed by atoms with van der Waals surface area (Å²) in [6, 6.07) is 7.16. The van der Waals surface area contributed by atoms with Crippen LogP contribution in [0.15, 0.2) is 35.3 Å². The molecule has 1 unspecified atom stereocenters. The van der Waals surface area contributed by atoms with Gasteiger partial charge >= 0.3 is 5.97 Å². The number of benzene rings is 1. The summed E-state index contributed by atoms with van der Waals surface area (Å²) in [7, 11) is 0. The minimum Gasteiger partial charge on any atom is -0.461 e. The van der Waals surface area contributed by atoms with Gasteiger partial charge in [0.1, 0.15) is 6.10 Å². The SMILES string of the molecule is O=C(c1c[nH]c(=O)c2ccccc12)N1CCC2(CC1)CC(CN1CCCC1)OC2=O. The fourth-order valence-electron chi connectivity index (χ4n) is 5.29. The summed E-state index contributed by atoms with van der Waals surface area (Å²) < 4.78 is 5.74. The molecule has 1 amide bonds. The molecule has 30 heavy (non-hydrogen) atoms. The summed E-state index contributed by atoms with van der Waals surface area (Å²) in [5.41, 5.74) is -0.145. The Hall–Kier alpha value is -2.67. The van der Waals surface area contributed by atoms with E-state index in [0.29, 0.717) is 42.3 Å². The normalized spacial score (nSPS) is 23.9. The fraction of sp³-hybridized carbons (Fsp3) is 0.522. The maximum Gasteiger partial charge on any atom is 0.312 e. The predicted molar refractivity (Wildman–Crippen MR) is 112 cm³/mol. The van der Waals surface area contributed by atoms with Crippen molar-refractivity contribution in [1.29, 1.82) is 0 Å². The van der Waals surface area contributed by atoms with Gasteiger partial charge in [-0.25, -0.2) is 0 Å². The largest absolute Gasteiger partial charge is 0.461 e. The number of pyridine rings is 1. The van der Waals surface area contributed by atoms with Gasteiger partial charge in [0.15, 0.2) is 0 Å². The van der Waals surface area contributed by atoms with Crippen LogP contribution >= 0.6 is 0 Å². The average molecular weight is 409 g/mol. The van der Waals surface area contributed by atoms with E-state index < -0.39 is 5.41 Å². The van der Waals surface area contributed by atoms with Crippen molar-refractivity contribution < 1.29 is 14.3 Å². The maximum absolute atomic E-state index is 13.2. The zero-order valence-corrected chi connectivity index (χ0v) is 17.1. The van der Waals surface area contributed by atoms with Crippen molar-refractivity contribution in [2.75, 3.05) is 32.7 Å². The summed E-state index contributed by atoms with van der Waals surface area (Å²) in [6.45, 7) is 4.07. The van der Waals surface area contributed by atoms with Gasteiger partial charge in [-0.2, -0.15) is 0 Å². The van der Waals surface area contributed by atoms with Crippen LogP contribution in [-0.2, 0) is 9.53 Å². The average Bonchev–Trinajstić information content (AvgIpc) is 3.37. The van der Waals surface area contributed by atoms with Gasteiger partial charge in [-0.15, -0.1) is 0 Å².